The Morgan fingerprint density at radius 1 is 1.14 bits per heavy atom. The highest BCUT2D eigenvalue weighted by molar-refractivity contribution is 5.78. The van der Waals surface area contributed by atoms with Crippen LogP contribution < -0.4 is 4.74 Å². The second-order valence-electron chi connectivity index (χ2n) is 4.22. The van der Waals surface area contributed by atoms with Gasteiger partial charge in [0.15, 0.2) is 12.4 Å². The SMILES string of the molecule is O=C[C@H](O)[C@@H](O)[C@H](O)[C@H](O)C(=O)Oc1ccc([N+](=O)[O-])cc1. The topological polar surface area (TPSA) is 167 Å². The van der Waals surface area contributed by atoms with Crippen molar-refractivity contribution in [3.8, 4) is 5.75 Å². The van der Waals surface area contributed by atoms with E-state index >= 15 is 0 Å². The van der Waals surface area contributed by atoms with Crippen LogP contribution in [0, 0.1) is 10.1 Å². The third-order valence-electron chi connectivity index (χ3n) is 2.67. The van der Waals surface area contributed by atoms with Crippen LogP contribution in [0.15, 0.2) is 24.3 Å². The summed E-state index contributed by atoms with van der Waals surface area (Å²) in [5, 5.41) is 47.7. The van der Waals surface area contributed by atoms with Gasteiger partial charge in [-0.3, -0.25) is 10.1 Å². The fourth-order valence-corrected chi connectivity index (χ4v) is 1.42. The summed E-state index contributed by atoms with van der Waals surface area (Å²) in [6, 6.07) is 4.28. The molecule has 0 aliphatic carbocycles. The first-order valence-electron chi connectivity index (χ1n) is 5.91. The van der Waals surface area contributed by atoms with Crippen molar-refractivity contribution in [3.05, 3.63) is 34.4 Å². The number of hydrogen-bond donors (Lipinski definition) is 4. The Hall–Kier alpha value is -2.40. The maximum absolute atomic E-state index is 11.5. The molecule has 1 rings (SSSR count). The van der Waals surface area contributed by atoms with Crippen LogP contribution in [0.1, 0.15) is 0 Å². The van der Waals surface area contributed by atoms with E-state index in [1.807, 2.05) is 0 Å². The van der Waals surface area contributed by atoms with Gasteiger partial charge in [0.25, 0.3) is 5.69 Å². The number of aliphatic hydroxyl groups is 4. The molecule has 10 heteroatoms. The van der Waals surface area contributed by atoms with Gasteiger partial charge in [-0.15, -0.1) is 0 Å². The molecule has 4 N–H and O–H groups in total. The predicted octanol–water partition coefficient (Wildman–Crippen LogP) is -1.86. The second kappa shape index (κ2) is 7.56. The first kappa shape index (κ1) is 17.7. The summed E-state index contributed by atoms with van der Waals surface area (Å²) in [7, 11) is 0. The first-order valence-corrected chi connectivity index (χ1v) is 5.91. The molecule has 0 aliphatic rings. The lowest BCUT2D eigenvalue weighted by atomic mass is 10.0. The lowest BCUT2D eigenvalue weighted by Gasteiger charge is -2.22. The summed E-state index contributed by atoms with van der Waals surface area (Å²) < 4.78 is 4.64. The monoisotopic (exact) mass is 315 g/mol. The van der Waals surface area contributed by atoms with E-state index in [-0.39, 0.29) is 17.7 Å². The quantitative estimate of drug-likeness (QED) is 0.148. The van der Waals surface area contributed by atoms with Crippen LogP contribution in [-0.2, 0) is 9.59 Å². The molecule has 10 nitrogen and oxygen atoms in total. The number of non-ortho nitro benzene ring substituents is 1. The molecular weight excluding hydrogens is 302 g/mol. The van der Waals surface area contributed by atoms with Crippen molar-refractivity contribution in [3.63, 3.8) is 0 Å². The number of carbonyl (C=O) groups is 2. The highest BCUT2D eigenvalue weighted by Gasteiger charge is 2.35. The maximum Gasteiger partial charge on any atom is 0.343 e. The number of aliphatic hydroxyl groups excluding tert-OH is 4. The minimum Gasteiger partial charge on any atom is -0.425 e. The molecule has 1 aromatic rings. The minimum atomic E-state index is -2.24. The number of nitro groups is 1. The van der Waals surface area contributed by atoms with E-state index in [0.29, 0.717) is 0 Å². The van der Waals surface area contributed by atoms with E-state index in [9.17, 15) is 35.0 Å². The van der Waals surface area contributed by atoms with Crippen molar-refractivity contribution >= 4 is 17.9 Å². The van der Waals surface area contributed by atoms with Gasteiger partial charge in [0.1, 0.15) is 24.1 Å². The number of nitro benzene ring substituents is 1. The normalized spacial score (nSPS) is 16.2. The van der Waals surface area contributed by atoms with Crippen molar-refractivity contribution in [2.75, 3.05) is 0 Å². The third-order valence-corrected chi connectivity index (χ3v) is 2.67. The number of benzene rings is 1. The van der Waals surface area contributed by atoms with E-state index < -0.39 is 35.3 Å². The van der Waals surface area contributed by atoms with Crippen LogP contribution in [0.25, 0.3) is 0 Å². The standard InChI is InChI=1S/C12H13NO9/c14-5-8(15)9(16)10(17)11(18)12(19)22-7-3-1-6(2-4-7)13(20)21/h1-5,8-11,15-18H/t8-,9+,10-,11-/m0/s1. The van der Waals surface area contributed by atoms with Gasteiger partial charge in [-0.05, 0) is 12.1 Å². The van der Waals surface area contributed by atoms with Gasteiger partial charge in [-0.1, -0.05) is 0 Å². The number of rotatable bonds is 7. The Labute approximate surface area is 123 Å². The summed E-state index contributed by atoms with van der Waals surface area (Å²) in [6.07, 6.45) is -8.55. The predicted molar refractivity (Wildman–Crippen MR) is 68.8 cm³/mol. The van der Waals surface area contributed by atoms with Crippen LogP contribution in [0.3, 0.4) is 0 Å². The Morgan fingerprint density at radius 2 is 1.68 bits per heavy atom. The zero-order valence-electron chi connectivity index (χ0n) is 11.0. The number of aldehydes is 1. The van der Waals surface area contributed by atoms with Gasteiger partial charge in [-0.2, -0.15) is 0 Å². The Balaban J connectivity index is 2.71. The third kappa shape index (κ3) is 4.30. The fourth-order valence-electron chi connectivity index (χ4n) is 1.42. The van der Waals surface area contributed by atoms with Crippen LogP contribution in [0.2, 0.25) is 0 Å². The minimum absolute atomic E-state index is 0.0811. The number of ether oxygens (including phenoxy) is 1. The molecule has 120 valence electrons. The van der Waals surface area contributed by atoms with Gasteiger partial charge < -0.3 is 30.0 Å². The summed E-state index contributed by atoms with van der Waals surface area (Å²) in [6.45, 7) is 0. The number of nitrogens with zero attached hydrogens (tertiary/aromatic N) is 1. The van der Waals surface area contributed by atoms with Gasteiger partial charge in [0.2, 0.25) is 0 Å². The second-order valence-corrected chi connectivity index (χ2v) is 4.22. The van der Waals surface area contributed by atoms with Crippen LogP contribution in [0.4, 0.5) is 5.69 Å². The van der Waals surface area contributed by atoms with Gasteiger partial charge in [0, 0.05) is 12.1 Å². The Bertz CT molecular complexity index is 544. The molecule has 4 atom stereocenters. The molecular formula is C12H13NO9. The molecule has 0 saturated heterocycles. The molecule has 0 saturated carbocycles. The van der Waals surface area contributed by atoms with Gasteiger partial charge >= 0.3 is 5.97 Å². The average Bonchev–Trinajstić information content (AvgIpc) is 2.52. The first-order chi connectivity index (χ1) is 10.3. The van der Waals surface area contributed by atoms with Crippen LogP contribution in [0.5, 0.6) is 5.75 Å². The number of hydrogen-bond acceptors (Lipinski definition) is 9. The summed E-state index contributed by atoms with van der Waals surface area (Å²) in [5.41, 5.74) is -0.245. The van der Waals surface area contributed by atoms with E-state index in [2.05, 4.69) is 4.74 Å². The molecule has 22 heavy (non-hydrogen) atoms. The molecule has 0 spiro atoms. The molecule has 0 aromatic heterocycles. The van der Waals surface area contributed by atoms with Crippen LogP contribution >= 0.6 is 0 Å². The van der Waals surface area contributed by atoms with E-state index in [4.69, 9.17) is 5.11 Å². The van der Waals surface area contributed by atoms with E-state index in [1.165, 1.54) is 0 Å². The maximum atomic E-state index is 11.5. The number of esters is 1. The molecule has 0 radical (unpaired) electrons. The largest absolute Gasteiger partial charge is 0.425 e. The summed E-state index contributed by atoms with van der Waals surface area (Å²) >= 11 is 0. The van der Waals surface area contributed by atoms with Crippen molar-refractivity contribution in [2.45, 2.75) is 24.4 Å². The van der Waals surface area contributed by atoms with Gasteiger partial charge in [0.05, 0.1) is 4.92 Å². The van der Waals surface area contributed by atoms with Crippen LogP contribution in [-0.4, -0.2) is 62.0 Å². The zero-order chi connectivity index (χ0) is 16.9. The number of carbonyl (C=O) groups excluding carboxylic acids is 2. The smallest absolute Gasteiger partial charge is 0.343 e. The molecule has 0 amide bonds. The molecule has 1 aromatic carbocycles. The van der Waals surface area contributed by atoms with E-state index in [0.717, 1.165) is 24.3 Å². The highest BCUT2D eigenvalue weighted by atomic mass is 16.6. The Kier molecular flexibility index (Phi) is 6.07. The molecule has 0 heterocycles. The fraction of sp³-hybridized carbons (Fsp3) is 0.333. The lowest BCUT2D eigenvalue weighted by molar-refractivity contribution is -0.384. The molecule has 0 aliphatic heterocycles. The van der Waals surface area contributed by atoms with Gasteiger partial charge in [-0.25, -0.2) is 4.79 Å². The molecule has 0 unspecified atom stereocenters. The lowest BCUT2D eigenvalue weighted by Crippen LogP contribution is -2.49. The summed E-state index contributed by atoms with van der Waals surface area (Å²) in [4.78, 5) is 31.6. The highest BCUT2D eigenvalue weighted by Crippen LogP contribution is 2.18. The summed E-state index contributed by atoms with van der Waals surface area (Å²) in [5.74, 6) is -1.52. The van der Waals surface area contributed by atoms with Crippen molar-refractivity contribution < 1.29 is 39.7 Å². The average molecular weight is 315 g/mol. The Morgan fingerprint density at radius 3 is 2.14 bits per heavy atom. The zero-order valence-corrected chi connectivity index (χ0v) is 11.0. The van der Waals surface area contributed by atoms with E-state index in [1.54, 1.807) is 0 Å². The van der Waals surface area contributed by atoms with Crippen molar-refractivity contribution in [2.24, 2.45) is 0 Å². The van der Waals surface area contributed by atoms with Crippen molar-refractivity contribution in [1.82, 2.24) is 0 Å². The van der Waals surface area contributed by atoms with Crippen molar-refractivity contribution in [1.29, 1.82) is 0 Å². The molecule has 0 fully saturated rings. The molecule has 0 bridgehead atoms.